The van der Waals surface area contributed by atoms with E-state index in [-0.39, 0.29) is 39.2 Å². The highest BCUT2D eigenvalue weighted by molar-refractivity contribution is 6.32. The van der Waals surface area contributed by atoms with E-state index in [1.807, 2.05) is 6.07 Å². The van der Waals surface area contributed by atoms with Crippen LogP contribution in [-0.4, -0.2) is 15.9 Å². The van der Waals surface area contributed by atoms with Crippen LogP contribution >= 0.6 is 23.2 Å². The lowest BCUT2D eigenvalue weighted by atomic mass is 10.2. The molecule has 1 amide bonds. The van der Waals surface area contributed by atoms with Gasteiger partial charge in [0.15, 0.2) is 11.6 Å². The van der Waals surface area contributed by atoms with Crippen LogP contribution in [0.1, 0.15) is 21.6 Å². The predicted octanol–water partition coefficient (Wildman–Crippen LogP) is 5.60. The Kier molecular flexibility index (Phi) is 5.76. The summed E-state index contributed by atoms with van der Waals surface area (Å²) in [5.74, 6) is -1.19. The number of pyridine rings is 1. The average molecular weight is 455 g/mol. The molecule has 2 aromatic heterocycles. The first-order chi connectivity index (χ1) is 14.9. The second-order valence-electron chi connectivity index (χ2n) is 6.57. The van der Waals surface area contributed by atoms with E-state index in [4.69, 9.17) is 33.2 Å². The van der Waals surface area contributed by atoms with Crippen LogP contribution in [-0.2, 0) is 6.54 Å². The number of benzene rings is 2. The summed E-state index contributed by atoms with van der Waals surface area (Å²) in [5, 5.41) is 12.9. The number of hydrogen-bond donors (Lipinski definition) is 2. The molecule has 0 unspecified atom stereocenters. The number of amides is 1. The van der Waals surface area contributed by atoms with E-state index in [1.165, 1.54) is 30.3 Å². The Labute approximate surface area is 186 Å². The number of carbonyl (C=O) groups is 1. The molecule has 4 aromatic rings. The van der Waals surface area contributed by atoms with Gasteiger partial charge in [-0.3, -0.25) is 9.78 Å². The number of fused-ring (bicyclic) bond motifs is 1. The summed E-state index contributed by atoms with van der Waals surface area (Å²) in [4.78, 5) is 19.4. The highest BCUT2D eigenvalue weighted by Crippen LogP contribution is 2.35. The maximum absolute atomic E-state index is 15.0. The third kappa shape index (κ3) is 4.45. The minimum absolute atomic E-state index is 0.0363. The number of aromatic nitrogens is 2. The Balaban J connectivity index is 1.54. The molecular weight excluding hydrogens is 442 g/mol. The van der Waals surface area contributed by atoms with Gasteiger partial charge in [-0.2, -0.15) is 5.26 Å². The Morgan fingerprint density at radius 3 is 2.84 bits per heavy atom. The Morgan fingerprint density at radius 2 is 2.06 bits per heavy atom. The molecule has 0 aliphatic carbocycles. The van der Waals surface area contributed by atoms with Crippen molar-refractivity contribution >= 4 is 40.0 Å². The van der Waals surface area contributed by atoms with Crippen LogP contribution in [0, 0.1) is 17.1 Å². The molecule has 0 fully saturated rings. The monoisotopic (exact) mass is 454 g/mol. The number of halogens is 3. The first-order valence-electron chi connectivity index (χ1n) is 9.01. The maximum atomic E-state index is 15.0. The highest BCUT2D eigenvalue weighted by atomic mass is 35.5. The molecule has 2 heterocycles. The van der Waals surface area contributed by atoms with Gasteiger partial charge in [0.1, 0.15) is 11.4 Å². The molecule has 0 aliphatic rings. The Bertz CT molecular complexity index is 1310. The fourth-order valence-corrected chi connectivity index (χ4v) is 3.38. The summed E-state index contributed by atoms with van der Waals surface area (Å²) in [7, 11) is 0. The molecule has 0 radical (unpaired) electrons. The molecule has 9 heteroatoms. The molecule has 0 bridgehead atoms. The fraction of sp³-hybridized carbons (Fsp3) is 0.0455. The zero-order valence-electron chi connectivity index (χ0n) is 15.7. The van der Waals surface area contributed by atoms with Gasteiger partial charge < -0.3 is 15.0 Å². The topological polar surface area (TPSA) is 90.8 Å². The summed E-state index contributed by atoms with van der Waals surface area (Å²) in [6.45, 7) is -0.0925. The van der Waals surface area contributed by atoms with Crippen molar-refractivity contribution in [2.45, 2.75) is 6.54 Å². The number of H-pyrrole nitrogens is 1. The Hall–Kier alpha value is -3.60. The van der Waals surface area contributed by atoms with Crippen molar-refractivity contribution in [2.24, 2.45) is 0 Å². The normalized spacial score (nSPS) is 10.6. The molecule has 31 heavy (non-hydrogen) atoms. The largest absolute Gasteiger partial charge is 0.453 e. The van der Waals surface area contributed by atoms with E-state index < -0.39 is 11.7 Å². The third-order valence-corrected chi connectivity index (χ3v) is 4.97. The lowest BCUT2D eigenvalue weighted by molar-refractivity contribution is 0.0946. The molecule has 6 nitrogen and oxygen atoms in total. The van der Waals surface area contributed by atoms with Gasteiger partial charge in [0.2, 0.25) is 0 Å². The number of rotatable bonds is 5. The molecule has 0 spiro atoms. The van der Waals surface area contributed by atoms with Crippen LogP contribution in [0.5, 0.6) is 11.5 Å². The van der Waals surface area contributed by atoms with Crippen molar-refractivity contribution in [1.82, 2.24) is 15.3 Å². The molecule has 154 valence electrons. The Morgan fingerprint density at radius 1 is 1.23 bits per heavy atom. The van der Waals surface area contributed by atoms with Gasteiger partial charge in [0, 0.05) is 28.7 Å². The van der Waals surface area contributed by atoms with Crippen LogP contribution < -0.4 is 10.1 Å². The number of nitriles is 1. The molecule has 2 N–H and O–H groups in total. The predicted molar refractivity (Wildman–Crippen MR) is 115 cm³/mol. The maximum Gasteiger partial charge on any atom is 0.267 e. The second-order valence-corrected chi connectivity index (χ2v) is 7.41. The van der Waals surface area contributed by atoms with Crippen molar-refractivity contribution in [2.75, 3.05) is 0 Å². The first kappa shape index (κ1) is 20.7. The second kappa shape index (κ2) is 8.64. The molecule has 0 atom stereocenters. The van der Waals surface area contributed by atoms with Crippen LogP contribution in [0.25, 0.3) is 10.9 Å². The standard InChI is InChI=1S/C22H13Cl2FN4O2/c23-15-5-12(9-26)6-16(8-15)31-21-17(24)2-1-14(20(21)25)10-28-22(30)18-7-13-3-4-27-11-19(13)29-18/h1-8,11,29H,10H2,(H,28,30). The van der Waals surface area contributed by atoms with E-state index in [1.54, 1.807) is 24.5 Å². The minimum atomic E-state index is -0.730. The van der Waals surface area contributed by atoms with Gasteiger partial charge in [0.05, 0.1) is 28.4 Å². The van der Waals surface area contributed by atoms with Gasteiger partial charge in [0.25, 0.3) is 5.91 Å². The van der Waals surface area contributed by atoms with Gasteiger partial charge >= 0.3 is 0 Å². The molecule has 4 rings (SSSR count). The van der Waals surface area contributed by atoms with Crippen molar-refractivity contribution in [3.8, 4) is 17.6 Å². The quantitative estimate of drug-likeness (QED) is 0.410. The summed E-state index contributed by atoms with van der Waals surface area (Å²) in [6, 6.07) is 12.6. The lowest BCUT2D eigenvalue weighted by Gasteiger charge is -2.13. The molecule has 0 saturated carbocycles. The average Bonchev–Trinajstić information content (AvgIpc) is 3.20. The van der Waals surface area contributed by atoms with Crippen LogP contribution in [0.2, 0.25) is 10.0 Å². The SMILES string of the molecule is N#Cc1cc(Cl)cc(Oc2c(Cl)ccc(CNC(=O)c3cc4ccncc4[nH]3)c2F)c1. The first-order valence-corrected chi connectivity index (χ1v) is 9.76. The smallest absolute Gasteiger partial charge is 0.267 e. The van der Waals surface area contributed by atoms with Crippen molar-refractivity contribution in [1.29, 1.82) is 5.26 Å². The number of aromatic amines is 1. The summed E-state index contributed by atoms with van der Waals surface area (Å²) in [6.07, 6.45) is 3.24. The van der Waals surface area contributed by atoms with Crippen molar-refractivity contribution in [3.63, 3.8) is 0 Å². The number of nitrogens with zero attached hydrogens (tertiary/aromatic N) is 2. The zero-order valence-corrected chi connectivity index (χ0v) is 17.3. The van der Waals surface area contributed by atoms with Gasteiger partial charge in [-0.1, -0.05) is 29.3 Å². The fourth-order valence-electron chi connectivity index (χ4n) is 2.97. The van der Waals surface area contributed by atoms with E-state index in [0.29, 0.717) is 5.69 Å². The molecule has 0 saturated heterocycles. The molecular formula is C22H13Cl2FN4O2. The van der Waals surface area contributed by atoms with Crippen molar-refractivity contribution in [3.05, 3.63) is 87.5 Å². The molecule has 0 aliphatic heterocycles. The van der Waals surface area contributed by atoms with E-state index >= 15 is 4.39 Å². The number of ether oxygens (including phenoxy) is 1. The molecule has 2 aromatic carbocycles. The van der Waals surface area contributed by atoms with Crippen LogP contribution in [0.3, 0.4) is 0 Å². The summed E-state index contributed by atoms with van der Waals surface area (Å²) < 4.78 is 20.6. The van der Waals surface area contributed by atoms with Crippen molar-refractivity contribution < 1.29 is 13.9 Å². The third-order valence-electron chi connectivity index (χ3n) is 4.46. The lowest BCUT2D eigenvalue weighted by Crippen LogP contribution is -2.23. The highest BCUT2D eigenvalue weighted by Gasteiger charge is 2.17. The van der Waals surface area contributed by atoms with Gasteiger partial charge in [-0.05, 0) is 36.4 Å². The zero-order chi connectivity index (χ0) is 22.0. The minimum Gasteiger partial charge on any atom is -0.453 e. The van der Waals surface area contributed by atoms with Gasteiger partial charge in [-0.25, -0.2) is 4.39 Å². The number of carbonyl (C=O) groups excluding carboxylic acids is 1. The van der Waals surface area contributed by atoms with Crippen LogP contribution in [0.15, 0.2) is 54.9 Å². The van der Waals surface area contributed by atoms with E-state index in [2.05, 4.69) is 15.3 Å². The number of nitrogens with one attached hydrogen (secondary N) is 2. The van der Waals surface area contributed by atoms with E-state index in [0.717, 1.165) is 10.9 Å². The van der Waals surface area contributed by atoms with Crippen LogP contribution in [0.4, 0.5) is 4.39 Å². The summed E-state index contributed by atoms with van der Waals surface area (Å²) in [5.41, 5.74) is 1.49. The number of hydrogen-bond acceptors (Lipinski definition) is 4. The van der Waals surface area contributed by atoms with E-state index in [9.17, 15) is 4.79 Å². The van der Waals surface area contributed by atoms with Gasteiger partial charge in [-0.15, -0.1) is 0 Å². The summed E-state index contributed by atoms with van der Waals surface area (Å²) >= 11 is 12.1.